The van der Waals surface area contributed by atoms with Gasteiger partial charge in [0.05, 0.1) is 5.69 Å². The average molecular weight is 350 g/mol. The molecule has 3 heteroatoms. The van der Waals surface area contributed by atoms with Crippen LogP contribution < -0.4 is 4.74 Å². The first-order chi connectivity index (χ1) is 13.3. The van der Waals surface area contributed by atoms with E-state index in [1.807, 2.05) is 54.7 Å². The van der Waals surface area contributed by atoms with E-state index in [0.29, 0.717) is 0 Å². The molecule has 0 bridgehead atoms. The van der Waals surface area contributed by atoms with E-state index < -0.39 is 0 Å². The Hall–Kier alpha value is -3.46. The zero-order valence-electron chi connectivity index (χ0n) is 15.0. The molecule has 0 saturated heterocycles. The van der Waals surface area contributed by atoms with Crippen molar-refractivity contribution in [2.75, 3.05) is 0 Å². The summed E-state index contributed by atoms with van der Waals surface area (Å²) < 4.78 is 6.35. The third-order valence-electron chi connectivity index (χ3n) is 4.90. The number of benzene rings is 3. The summed E-state index contributed by atoms with van der Waals surface area (Å²) in [5.74, 6) is 1.59. The van der Waals surface area contributed by atoms with Crippen molar-refractivity contribution in [2.24, 2.45) is 0 Å². The van der Waals surface area contributed by atoms with Crippen molar-refractivity contribution in [3.05, 3.63) is 102 Å². The van der Waals surface area contributed by atoms with Crippen LogP contribution in [0.3, 0.4) is 0 Å². The van der Waals surface area contributed by atoms with Crippen LogP contribution in [0, 0.1) is 6.92 Å². The number of para-hydroxylation sites is 1. The van der Waals surface area contributed by atoms with Gasteiger partial charge < -0.3 is 4.74 Å². The zero-order chi connectivity index (χ0) is 18.2. The quantitative estimate of drug-likeness (QED) is 0.472. The molecule has 0 aliphatic carbocycles. The molecule has 4 aromatic rings. The van der Waals surface area contributed by atoms with E-state index in [1.165, 1.54) is 5.56 Å². The standard InChI is InChI=1S/C24H18N2O/c1-16-11-13-17(14-12-16)23-20-15-25-24(18-7-3-2-4-8-18)26-22(20)19-9-5-6-10-21(19)27-23/h2-15,23H,1H3. The van der Waals surface area contributed by atoms with E-state index in [2.05, 4.69) is 42.2 Å². The lowest BCUT2D eigenvalue weighted by molar-refractivity contribution is 0.242. The fraction of sp³-hybridized carbons (Fsp3) is 0.0833. The molecule has 2 heterocycles. The van der Waals surface area contributed by atoms with E-state index in [4.69, 9.17) is 9.72 Å². The Morgan fingerprint density at radius 3 is 2.37 bits per heavy atom. The second-order valence-electron chi connectivity index (χ2n) is 6.77. The Morgan fingerprint density at radius 2 is 1.56 bits per heavy atom. The SMILES string of the molecule is Cc1ccc(C2Oc3ccccc3-c3nc(-c4ccccc4)ncc32)cc1. The molecule has 1 aromatic heterocycles. The third kappa shape index (κ3) is 2.77. The monoisotopic (exact) mass is 350 g/mol. The van der Waals surface area contributed by atoms with Crippen LogP contribution in [0.2, 0.25) is 0 Å². The maximum Gasteiger partial charge on any atom is 0.159 e. The number of aryl methyl sites for hydroxylation is 1. The molecule has 130 valence electrons. The van der Waals surface area contributed by atoms with Crippen LogP contribution in [-0.2, 0) is 0 Å². The Balaban J connectivity index is 1.69. The molecular weight excluding hydrogens is 332 g/mol. The molecule has 5 rings (SSSR count). The zero-order valence-corrected chi connectivity index (χ0v) is 15.0. The fourth-order valence-electron chi connectivity index (χ4n) is 3.47. The molecule has 3 nitrogen and oxygen atoms in total. The molecule has 1 aliphatic rings. The first-order valence-electron chi connectivity index (χ1n) is 9.04. The largest absolute Gasteiger partial charge is 0.480 e. The molecule has 0 amide bonds. The molecule has 0 fully saturated rings. The van der Waals surface area contributed by atoms with Gasteiger partial charge in [0, 0.05) is 22.9 Å². The molecule has 1 atom stereocenters. The van der Waals surface area contributed by atoms with Crippen molar-refractivity contribution in [3.63, 3.8) is 0 Å². The molecule has 0 N–H and O–H groups in total. The van der Waals surface area contributed by atoms with E-state index in [0.717, 1.165) is 39.5 Å². The van der Waals surface area contributed by atoms with Gasteiger partial charge in [0.2, 0.25) is 0 Å². The lowest BCUT2D eigenvalue weighted by Gasteiger charge is -2.28. The van der Waals surface area contributed by atoms with Crippen molar-refractivity contribution < 1.29 is 4.74 Å². The number of hydrogen-bond acceptors (Lipinski definition) is 3. The van der Waals surface area contributed by atoms with Gasteiger partial charge in [-0.15, -0.1) is 0 Å². The molecule has 3 aromatic carbocycles. The summed E-state index contributed by atoms with van der Waals surface area (Å²) in [6.45, 7) is 2.09. The van der Waals surface area contributed by atoms with Crippen LogP contribution in [0.25, 0.3) is 22.6 Å². The molecule has 0 saturated carbocycles. The van der Waals surface area contributed by atoms with Gasteiger partial charge in [-0.3, -0.25) is 0 Å². The Morgan fingerprint density at radius 1 is 0.815 bits per heavy atom. The number of nitrogens with zero attached hydrogens (tertiary/aromatic N) is 2. The highest BCUT2D eigenvalue weighted by atomic mass is 16.5. The topological polar surface area (TPSA) is 35.0 Å². The van der Waals surface area contributed by atoms with Gasteiger partial charge in [-0.25, -0.2) is 9.97 Å². The smallest absolute Gasteiger partial charge is 0.159 e. The van der Waals surface area contributed by atoms with Gasteiger partial charge in [0.15, 0.2) is 11.9 Å². The minimum atomic E-state index is -0.208. The Bertz CT molecular complexity index is 1100. The van der Waals surface area contributed by atoms with E-state index in [1.54, 1.807) is 0 Å². The predicted octanol–water partition coefficient (Wildman–Crippen LogP) is 5.60. The van der Waals surface area contributed by atoms with Crippen LogP contribution in [0.1, 0.15) is 22.8 Å². The normalized spacial score (nSPS) is 14.8. The maximum absolute atomic E-state index is 6.35. The van der Waals surface area contributed by atoms with Crippen molar-refractivity contribution in [1.82, 2.24) is 9.97 Å². The van der Waals surface area contributed by atoms with Crippen molar-refractivity contribution in [3.8, 4) is 28.4 Å². The first-order valence-corrected chi connectivity index (χ1v) is 9.04. The second-order valence-corrected chi connectivity index (χ2v) is 6.77. The van der Waals surface area contributed by atoms with Gasteiger partial charge in [-0.1, -0.05) is 72.3 Å². The highest BCUT2D eigenvalue weighted by molar-refractivity contribution is 5.74. The predicted molar refractivity (Wildman–Crippen MR) is 107 cm³/mol. The number of hydrogen-bond donors (Lipinski definition) is 0. The Kier molecular flexibility index (Phi) is 3.72. The molecule has 27 heavy (non-hydrogen) atoms. The third-order valence-corrected chi connectivity index (χ3v) is 4.90. The number of fused-ring (bicyclic) bond motifs is 3. The highest BCUT2D eigenvalue weighted by Gasteiger charge is 2.29. The summed E-state index contributed by atoms with van der Waals surface area (Å²) in [5.41, 5.74) is 6.29. The summed E-state index contributed by atoms with van der Waals surface area (Å²) in [4.78, 5) is 9.56. The number of rotatable bonds is 2. The van der Waals surface area contributed by atoms with E-state index in [9.17, 15) is 0 Å². The van der Waals surface area contributed by atoms with Crippen LogP contribution in [-0.4, -0.2) is 9.97 Å². The Labute approximate surface area is 158 Å². The summed E-state index contributed by atoms with van der Waals surface area (Å²) in [7, 11) is 0. The van der Waals surface area contributed by atoms with Crippen molar-refractivity contribution in [1.29, 1.82) is 0 Å². The molecule has 0 radical (unpaired) electrons. The van der Waals surface area contributed by atoms with Crippen molar-refractivity contribution in [2.45, 2.75) is 13.0 Å². The van der Waals surface area contributed by atoms with E-state index in [-0.39, 0.29) is 6.10 Å². The van der Waals surface area contributed by atoms with Gasteiger partial charge >= 0.3 is 0 Å². The van der Waals surface area contributed by atoms with Crippen LogP contribution in [0.5, 0.6) is 5.75 Å². The molecule has 1 aliphatic heterocycles. The van der Waals surface area contributed by atoms with Gasteiger partial charge in [-0.05, 0) is 24.6 Å². The number of ether oxygens (including phenoxy) is 1. The summed E-state index contributed by atoms with van der Waals surface area (Å²) in [6, 6.07) is 26.6. The van der Waals surface area contributed by atoms with Crippen molar-refractivity contribution >= 4 is 0 Å². The summed E-state index contributed by atoms with van der Waals surface area (Å²) >= 11 is 0. The minimum Gasteiger partial charge on any atom is -0.480 e. The number of aromatic nitrogens is 2. The lowest BCUT2D eigenvalue weighted by Crippen LogP contribution is -2.17. The van der Waals surface area contributed by atoms with E-state index >= 15 is 0 Å². The van der Waals surface area contributed by atoms with Crippen LogP contribution in [0.4, 0.5) is 0 Å². The van der Waals surface area contributed by atoms with Gasteiger partial charge in [0.1, 0.15) is 5.75 Å². The fourth-order valence-corrected chi connectivity index (χ4v) is 3.47. The summed E-state index contributed by atoms with van der Waals surface area (Å²) in [5, 5.41) is 0. The van der Waals surface area contributed by atoms with Crippen LogP contribution in [0.15, 0.2) is 85.1 Å². The minimum absolute atomic E-state index is 0.208. The maximum atomic E-state index is 6.35. The highest BCUT2D eigenvalue weighted by Crippen LogP contribution is 2.43. The van der Waals surface area contributed by atoms with Crippen LogP contribution >= 0.6 is 0 Å². The second kappa shape index (κ2) is 6.36. The lowest BCUT2D eigenvalue weighted by atomic mass is 9.94. The molecule has 0 spiro atoms. The van der Waals surface area contributed by atoms with Gasteiger partial charge in [0.25, 0.3) is 0 Å². The average Bonchev–Trinajstić information content (AvgIpc) is 2.74. The molecule has 1 unspecified atom stereocenters. The summed E-state index contributed by atoms with van der Waals surface area (Å²) in [6.07, 6.45) is 1.70. The first kappa shape index (κ1) is 15.8. The van der Waals surface area contributed by atoms with Gasteiger partial charge in [-0.2, -0.15) is 0 Å². The molecular formula is C24H18N2O.